The summed E-state index contributed by atoms with van der Waals surface area (Å²) in [6.07, 6.45) is -4.07. The number of esters is 1. The number of aromatic nitrogens is 1. The van der Waals surface area contributed by atoms with Gasteiger partial charge in [0.15, 0.2) is 0 Å². The molecule has 0 aliphatic heterocycles. The van der Waals surface area contributed by atoms with E-state index < -0.39 is 35.5 Å². The SMILES string of the molecule is COC(=O)c1cc2c(C(F)F)c(F)ccc2n1C(=O)OC(C)(C)C. The molecule has 0 fully saturated rings. The van der Waals surface area contributed by atoms with Crippen LogP contribution in [0.5, 0.6) is 0 Å². The highest BCUT2D eigenvalue weighted by Crippen LogP contribution is 2.33. The zero-order chi connectivity index (χ0) is 18.2. The summed E-state index contributed by atoms with van der Waals surface area (Å²) < 4.78 is 50.7. The Morgan fingerprint density at radius 3 is 2.33 bits per heavy atom. The van der Waals surface area contributed by atoms with Crippen LogP contribution in [0, 0.1) is 5.82 Å². The lowest BCUT2D eigenvalue weighted by Gasteiger charge is -2.20. The Morgan fingerprint density at radius 1 is 1.21 bits per heavy atom. The Morgan fingerprint density at radius 2 is 1.83 bits per heavy atom. The second-order valence-electron chi connectivity index (χ2n) is 6.03. The molecule has 1 aromatic carbocycles. The molecule has 0 unspecified atom stereocenters. The smallest absolute Gasteiger partial charge is 0.419 e. The third kappa shape index (κ3) is 3.22. The Hall–Kier alpha value is -2.51. The molecule has 8 heteroatoms. The normalized spacial score (nSPS) is 11.8. The molecular formula is C16H16F3NO4. The maximum absolute atomic E-state index is 13.7. The van der Waals surface area contributed by atoms with Gasteiger partial charge in [-0.1, -0.05) is 0 Å². The maximum Gasteiger partial charge on any atom is 0.419 e. The zero-order valence-corrected chi connectivity index (χ0v) is 13.5. The number of methoxy groups -OCH3 is 1. The largest absolute Gasteiger partial charge is 0.464 e. The number of benzene rings is 1. The second kappa shape index (κ2) is 6.18. The van der Waals surface area contributed by atoms with Crippen LogP contribution in [0.15, 0.2) is 18.2 Å². The number of rotatable bonds is 2. The van der Waals surface area contributed by atoms with Gasteiger partial charge in [-0.25, -0.2) is 27.3 Å². The van der Waals surface area contributed by atoms with Crippen LogP contribution in [0.3, 0.4) is 0 Å². The Balaban J connectivity index is 2.78. The lowest BCUT2D eigenvalue weighted by Crippen LogP contribution is -2.29. The Bertz CT molecular complexity index is 806. The van der Waals surface area contributed by atoms with E-state index in [1.54, 1.807) is 20.8 Å². The molecule has 1 aromatic heterocycles. The molecule has 24 heavy (non-hydrogen) atoms. The van der Waals surface area contributed by atoms with Crippen molar-refractivity contribution in [3.8, 4) is 0 Å². The van der Waals surface area contributed by atoms with Crippen LogP contribution >= 0.6 is 0 Å². The van der Waals surface area contributed by atoms with Crippen molar-refractivity contribution < 1.29 is 32.2 Å². The molecule has 0 radical (unpaired) electrons. The van der Waals surface area contributed by atoms with Gasteiger partial charge in [0.2, 0.25) is 0 Å². The molecule has 2 rings (SSSR count). The molecule has 0 amide bonds. The summed E-state index contributed by atoms with van der Waals surface area (Å²) in [5, 5.41) is -0.253. The van der Waals surface area contributed by atoms with Gasteiger partial charge in [0.25, 0.3) is 6.43 Å². The van der Waals surface area contributed by atoms with Crippen molar-refractivity contribution in [2.45, 2.75) is 32.8 Å². The van der Waals surface area contributed by atoms with Gasteiger partial charge < -0.3 is 9.47 Å². The predicted molar refractivity (Wildman–Crippen MR) is 79.8 cm³/mol. The van der Waals surface area contributed by atoms with Crippen LogP contribution in [-0.2, 0) is 9.47 Å². The Kier molecular flexibility index (Phi) is 4.59. The fourth-order valence-corrected chi connectivity index (χ4v) is 2.26. The molecular weight excluding hydrogens is 327 g/mol. The van der Waals surface area contributed by atoms with Gasteiger partial charge in [-0.05, 0) is 39.0 Å². The maximum atomic E-state index is 13.7. The van der Waals surface area contributed by atoms with Gasteiger partial charge in [0.1, 0.15) is 17.1 Å². The van der Waals surface area contributed by atoms with Crippen molar-refractivity contribution in [3.05, 3.63) is 35.3 Å². The monoisotopic (exact) mass is 343 g/mol. The first-order valence-corrected chi connectivity index (χ1v) is 7.00. The van der Waals surface area contributed by atoms with Crippen LogP contribution < -0.4 is 0 Å². The average Bonchev–Trinajstić information content (AvgIpc) is 2.83. The number of carbonyl (C=O) groups is 2. The van der Waals surface area contributed by atoms with E-state index >= 15 is 0 Å². The minimum absolute atomic E-state index is 0.0682. The van der Waals surface area contributed by atoms with Crippen molar-refractivity contribution in [1.82, 2.24) is 4.57 Å². The standard InChI is InChI=1S/C16H16F3NO4/c1-16(2,3)24-15(22)20-10-6-5-9(17)12(13(18)19)8(10)7-11(20)14(21)23-4/h5-7,13H,1-4H3. The highest BCUT2D eigenvalue weighted by atomic mass is 19.3. The molecule has 5 nitrogen and oxygen atoms in total. The van der Waals surface area contributed by atoms with Crippen molar-refractivity contribution in [2.24, 2.45) is 0 Å². The van der Waals surface area contributed by atoms with E-state index in [0.29, 0.717) is 0 Å². The first kappa shape index (κ1) is 17.8. The molecule has 0 atom stereocenters. The summed E-state index contributed by atoms with van der Waals surface area (Å²) in [5.74, 6) is -2.06. The molecule has 0 N–H and O–H groups in total. The number of hydrogen-bond acceptors (Lipinski definition) is 4. The quantitative estimate of drug-likeness (QED) is 0.764. The minimum Gasteiger partial charge on any atom is -0.464 e. The number of halogens is 3. The van der Waals surface area contributed by atoms with E-state index in [2.05, 4.69) is 4.74 Å². The fourth-order valence-electron chi connectivity index (χ4n) is 2.26. The summed E-state index contributed by atoms with van der Waals surface area (Å²) in [4.78, 5) is 24.3. The number of hydrogen-bond donors (Lipinski definition) is 0. The van der Waals surface area contributed by atoms with Crippen LogP contribution in [0.1, 0.15) is 43.2 Å². The third-order valence-corrected chi connectivity index (χ3v) is 3.16. The predicted octanol–water partition coefficient (Wildman–Crippen LogP) is 4.29. The minimum atomic E-state index is -3.12. The van der Waals surface area contributed by atoms with E-state index in [4.69, 9.17) is 4.74 Å². The average molecular weight is 343 g/mol. The molecule has 2 aromatic rings. The third-order valence-electron chi connectivity index (χ3n) is 3.16. The second-order valence-corrected chi connectivity index (χ2v) is 6.03. The molecule has 1 heterocycles. The number of nitrogens with zero attached hydrogens (tertiary/aromatic N) is 1. The number of carbonyl (C=O) groups excluding carboxylic acids is 2. The van der Waals surface area contributed by atoms with Gasteiger partial charge in [0.05, 0.1) is 18.2 Å². The van der Waals surface area contributed by atoms with Gasteiger partial charge in [0, 0.05) is 5.39 Å². The van der Waals surface area contributed by atoms with Crippen LogP contribution in [0.4, 0.5) is 18.0 Å². The van der Waals surface area contributed by atoms with Crippen molar-refractivity contribution in [1.29, 1.82) is 0 Å². The van der Waals surface area contributed by atoms with Crippen LogP contribution in [0.2, 0.25) is 0 Å². The van der Waals surface area contributed by atoms with E-state index in [1.165, 1.54) is 0 Å². The first-order valence-electron chi connectivity index (χ1n) is 7.00. The molecule has 0 spiro atoms. The molecule has 0 bridgehead atoms. The summed E-state index contributed by atoms with van der Waals surface area (Å²) in [7, 11) is 1.08. The summed E-state index contributed by atoms with van der Waals surface area (Å²) >= 11 is 0. The summed E-state index contributed by atoms with van der Waals surface area (Å²) in [5.41, 5.74) is -2.16. The van der Waals surface area contributed by atoms with Crippen LogP contribution in [0.25, 0.3) is 10.9 Å². The Labute approximate surface area is 135 Å². The first-order chi connectivity index (χ1) is 11.1. The lowest BCUT2D eigenvalue weighted by atomic mass is 10.1. The highest BCUT2D eigenvalue weighted by molar-refractivity contribution is 6.02. The molecule has 0 aliphatic carbocycles. The molecule has 0 aliphatic rings. The topological polar surface area (TPSA) is 57.5 Å². The molecule has 0 saturated carbocycles. The van der Waals surface area contributed by atoms with Gasteiger partial charge in [-0.2, -0.15) is 0 Å². The van der Waals surface area contributed by atoms with Crippen molar-refractivity contribution in [3.63, 3.8) is 0 Å². The number of alkyl halides is 2. The van der Waals surface area contributed by atoms with E-state index in [-0.39, 0.29) is 16.6 Å². The van der Waals surface area contributed by atoms with E-state index in [0.717, 1.165) is 29.9 Å². The van der Waals surface area contributed by atoms with Gasteiger partial charge in [-0.3, -0.25) is 0 Å². The van der Waals surface area contributed by atoms with Gasteiger partial charge in [-0.15, -0.1) is 0 Å². The fraction of sp³-hybridized carbons (Fsp3) is 0.375. The van der Waals surface area contributed by atoms with Crippen molar-refractivity contribution in [2.75, 3.05) is 7.11 Å². The lowest BCUT2D eigenvalue weighted by molar-refractivity contribution is 0.0489. The summed E-state index contributed by atoms with van der Waals surface area (Å²) in [6, 6.07) is 2.94. The molecule has 130 valence electrons. The number of fused-ring (bicyclic) bond motifs is 1. The van der Waals surface area contributed by atoms with Crippen LogP contribution in [-0.4, -0.2) is 29.3 Å². The summed E-state index contributed by atoms with van der Waals surface area (Å²) in [6.45, 7) is 4.83. The van der Waals surface area contributed by atoms with Crippen molar-refractivity contribution >= 4 is 23.0 Å². The number of ether oxygens (including phenoxy) is 2. The zero-order valence-electron chi connectivity index (χ0n) is 13.5. The highest BCUT2D eigenvalue weighted by Gasteiger charge is 2.28. The molecule has 0 saturated heterocycles. The van der Waals surface area contributed by atoms with Gasteiger partial charge >= 0.3 is 12.1 Å². The van der Waals surface area contributed by atoms with E-state index in [9.17, 15) is 22.8 Å². The van der Waals surface area contributed by atoms with E-state index in [1.807, 2.05) is 0 Å².